The van der Waals surface area contributed by atoms with E-state index in [1.807, 2.05) is 30.3 Å². The third kappa shape index (κ3) is 3.57. The molecule has 4 nitrogen and oxygen atoms in total. The third-order valence-corrected chi connectivity index (χ3v) is 2.86. The smallest absolute Gasteiger partial charge is 0.247 e. The van der Waals surface area contributed by atoms with Crippen molar-refractivity contribution >= 4 is 22.5 Å². The van der Waals surface area contributed by atoms with Crippen molar-refractivity contribution in [1.82, 2.24) is 4.98 Å². The molecule has 0 radical (unpaired) electrons. The molecule has 0 unspecified atom stereocenters. The van der Waals surface area contributed by atoms with Gasteiger partial charge in [-0.2, -0.15) is 0 Å². The van der Waals surface area contributed by atoms with Gasteiger partial charge < -0.3 is 10.1 Å². The van der Waals surface area contributed by atoms with Gasteiger partial charge in [0.25, 0.3) is 0 Å². The summed E-state index contributed by atoms with van der Waals surface area (Å²) in [4.78, 5) is 15.7. The highest BCUT2D eigenvalue weighted by molar-refractivity contribution is 6.00. The summed E-state index contributed by atoms with van der Waals surface area (Å²) in [6.07, 6.45) is 3.36. The molecule has 0 atom stereocenters. The van der Waals surface area contributed by atoms with Gasteiger partial charge in [0.15, 0.2) is 0 Å². The second kappa shape index (κ2) is 6.70. The molecule has 2 aromatic rings. The monoisotopic (exact) mass is 270 g/mol. The Kier molecular flexibility index (Phi) is 4.71. The number of nitrogens with zero attached hydrogens (tertiary/aromatic N) is 1. The Bertz CT molecular complexity index is 623. The summed E-state index contributed by atoms with van der Waals surface area (Å²) < 4.78 is 5.57. The van der Waals surface area contributed by atoms with Crippen LogP contribution in [-0.4, -0.2) is 17.5 Å². The molecule has 104 valence electrons. The number of anilines is 1. The van der Waals surface area contributed by atoms with Crippen LogP contribution in [0.2, 0.25) is 0 Å². The zero-order valence-electron chi connectivity index (χ0n) is 11.6. The Balaban J connectivity index is 2.16. The van der Waals surface area contributed by atoms with Crippen molar-refractivity contribution in [3.05, 3.63) is 43.0 Å². The lowest BCUT2D eigenvalue weighted by molar-refractivity contribution is -0.111. The number of amides is 1. The fourth-order valence-electron chi connectivity index (χ4n) is 1.78. The Morgan fingerprint density at radius 3 is 3.00 bits per heavy atom. The van der Waals surface area contributed by atoms with E-state index in [-0.39, 0.29) is 5.91 Å². The maximum atomic E-state index is 11.3. The number of pyridine rings is 1. The van der Waals surface area contributed by atoms with E-state index in [4.69, 9.17) is 4.74 Å². The van der Waals surface area contributed by atoms with Crippen LogP contribution in [0.1, 0.15) is 19.8 Å². The molecule has 0 aliphatic carbocycles. The summed E-state index contributed by atoms with van der Waals surface area (Å²) in [5, 5.41) is 3.68. The molecule has 0 fully saturated rings. The van der Waals surface area contributed by atoms with Crippen LogP contribution in [0.5, 0.6) is 5.88 Å². The van der Waals surface area contributed by atoms with Crippen molar-refractivity contribution in [3.63, 3.8) is 0 Å². The number of carbonyl (C=O) groups is 1. The third-order valence-electron chi connectivity index (χ3n) is 2.86. The highest BCUT2D eigenvalue weighted by atomic mass is 16.5. The first-order chi connectivity index (χ1) is 9.72. The molecule has 0 saturated heterocycles. The zero-order valence-corrected chi connectivity index (χ0v) is 11.6. The SMILES string of the molecule is C=CC(=O)Nc1ccc2nc(OCCCC)ccc2c1. The molecule has 20 heavy (non-hydrogen) atoms. The number of benzene rings is 1. The highest BCUT2D eigenvalue weighted by Crippen LogP contribution is 2.20. The molecule has 2 rings (SSSR count). The molecule has 1 aromatic heterocycles. The first-order valence-electron chi connectivity index (χ1n) is 6.70. The lowest BCUT2D eigenvalue weighted by Gasteiger charge is -2.07. The van der Waals surface area contributed by atoms with Gasteiger partial charge in [-0.05, 0) is 36.8 Å². The molecule has 1 aromatic carbocycles. The fourth-order valence-corrected chi connectivity index (χ4v) is 1.78. The second-order valence-corrected chi connectivity index (χ2v) is 4.45. The van der Waals surface area contributed by atoms with Gasteiger partial charge in [-0.3, -0.25) is 4.79 Å². The van der Waals surface area contributed by atoms with Gasteiger partial charge >= 0.3 is 0 Å². The van der Waals surface area contributed by atoms with Gasteiger partial charge in [0.05, 0.1) is 12.1 Å². The number of nitrogens with one attached hydrogen (secondary N) is 1. The lowest BCUT2D eigenvalue weighted by Crippen LogP contribution is -2.07. The maximum Gasteiger partial charge on any atom is 0.247 e. The van der Waals surface area contributed by atoms with E-state index < -0.39 is 0 Å². The van der Waals surface area contributed by atoms with E-state index in [9.17, 15) is 4.79 Å². The van der Waals surface area contributed by atoms with Crippen LogP contribution in [0.4, 0.5) is 5.69 Å². The summed E-state index contributed by atoms with van der Waals surface area (Å²) in [7, 11) is 0. The molecule has 0 bridgehead atoms. The summed E-state index contributed by atoms with van der Waals surface area (Å²) >= 11 is 0. The number of hydrogen-bond donors (Lipinski definition) is 1. The van der Waals surface area contributed by atoms with Crippen LogP contribution in [0.3, 0.4) is 0 Å². The van der Waals surface area contributed by atoms with Crippen LogP contribution in [0.15, 0.2) is 43.0 Å². The van der Waals surface area contributed by atoms with Crippen molar-refractivity contribution in [3.8, 4) is 5.88 Å². The fraction of sp³-hybridized carbons (Fsp3) is 0.250. The normalized spacial score (nSPS) is 10.2. The van der Waals surface area contributed by atoms with Crippen molar-refractivity contribution in [1.29, 1.82) is 0 Å². The van der Waals surface area contributed by atoms with Crippen molar-refractivity contribution in [2.24, 2.45) is 0 Å². The first-order valence-corrected chi connectivity index (χ1v) is 6.70. The van der Waals surface area contributed by atoms with Gasteiger partial charge in [-0.1, -0.05) is 19.9 Å². The molecule has 1 heterocycles. The Hall–Kier alpha value is -2.36. The number of rotatable bonds is 6. The minimum atomic E-state index is -0.225. The van der Waals surface area contributed by atoms with Gasteiger partial charge in [0.1, 0.15) is 0 Å². The number of aromatic nitrogens is 1. The quantitative estimate of drug-likeness (QED) is 0.645. The number of fused-ring (bicyclic) bond motifs is 1. The summed E-state index contributed by atoms with van der Waals surface area (Å²) in [5.74, 6) is 0.408. The molecule has 4 heteroatoms. The first kappa shape index (κ1) is 14.1. The lowest BCUT2D eigenvalue weighted by atomic mass is 10.2. The number of hydrogen-bond acceptors (Lipinski definition) is 3. The van der Waals surface area contributed by atoms with E-state index in [1.165, 1.54) is 6.08 Å². The zero-order chi connectivity index (χ0) is 14.4. The second-order valence-electron chi connectivity index (χ2n) is 4.45. The van der Waals surface area contributed by atoms with Crippen molar-refractivity contribution in [2.45, 2.75) is 19.8 Å². The Morgan fingerprint density at radius 2 is 2.25 bits per heavy atom. The van der Waals surface area contributed by atoms with E-state index in [1.54, 1.807) is 0 Å². The maximum absolute atomic E-state index is 11.3. The average Bonchev–Trinajstić information content (AvgIpc) is 2.47. The number of unbranched alkanes of at least 4 members (excludes halogenated alkanes) is 1. The minimum absolute atomic E-state index is 0.225. The van der Waals surface area contributed by atoms with E-state index in [0.717, 1.165) is 29.4 Å². The molecule has 1 amide bonds. The molecule has 0 saturated carbocycles. The Labute approximate surface area is 118 Å². The van der Waals surface area contributed by atoms with E-state index in [0.29, 0.717) is 12.5 Å². The predicted molar refractivity (Wildman–Crippen MR) is 81.0 cm³/mol. The van der Waals surface area contributed by atoms with Crippen LogP contribution < -0.4 is 10.1 Å². The summed E-state index contributed by atoms with van der Waals surface area (Å²) in [6.45, 7) is 6.23. The highest BCUT2D eigenvalue weighted by Gasteiger charge is 2.02. The molecule has 0 spiro atoms. The van der Waals surface area contributed by atoms with Gasteiger partial charge in [-0.15, -0.1) is 0 Å². The van der Waals surface area contributed by atoms with Crippen LogP contribution >= 0.6 is 0 Å². The minimum Gasteiger partial charge on any atom is -0.478 e. The largest absolute Gasteiger partial charge is 0.478 e. The van der Waals surface area contributed by atoms with Gasteiger partial charge in [0, 0.05) is 17.1 Å². The van der Waals surface area contributed by atoms with E-state index in [2.05, 4.69) is 23.8 Å². The van der Waals surface area contributed by atoms with Gasteiger partial charge in [-0.25, -0.2) is 4.98 Å². The van der Waals surface area contributed by atoms with Crippen molar-refractivity contribution in [2.75, 3.05) is 11.9 Å². The van der Waals surface area contributed by atoms with Crippen molar-refractivity contribution < 1.29 is 9.53 Å². The predicted octanol–water partition coefficient (Wildman–Crippen LogP) is 3.54. The molecule has 0 aliphatic heterocycles. The molecular formula is C16H18N2O2. The number of ether oxygens (including phenoxy) is 1. The topological polar surface area (TPSA) is 51.2 Å². The summed E-state index contributed by atoms with van der Waals surface area (Å²) in [6, 6.07) is 9.33. The van der Waals surface area contributed by atoms with Gasteiger partial charge in [0.2, 0.25) is 11.8 Å². The summed E-state index contributed by atoms with van der Waals surface area (Å²) in [5.41, 5.74) is 1.57. The van der Waals surface area contributed by atoms with Crippen LogP contribution in [-0.2, 0) is 4.79 Å². The van der Waals surface area contributed by atoms with Crippen LogP contribution in [0, 0.1) is 0 Å². The number of carbonyl (C=O) groups excluding carboxylic acids is 1. The molecular weight excluding hydrogens is 252 g/mol. The van der Waals surface area contributed by atoms with Crippen LogP contribution in [0.25, 0.3) is 10.9 Å². The molecule has 1 N–H and O–H groups in total. The standard InChI is InChI=1S/C16H18N2O2/c1-3-5-10-20-16-9-6-12-11-13(17-15(19)4-2)7-8-14(12)18-16/h4,6-9,11H,2-3,5,10H2,1H3,(H,17,19). The van der Waals surface area contributed by atoms with E-state index >= 15 is 0 Å². The molecule has 0 aliphatic rings. The Morgan fingerprint density at radius 1 is 1.40 bits per heavy atom. The average molecular weight is 270 g/mol.